The molecule has 0 radical (unpaired) electrons. The lowest BCUT2D eigenvalue weighted by atomic mass is 9.79. The Morgan fingerprint density at radius 1 is 1.19 bits per heavy atom. The molecule has 2 aliphatic heterocycles. The first-order chi connectivity index (χ1) is 14.8. The summed E-state index contributed by atoms with van der Waals surface area (Å²) in [6, 6.07) is 1.79. The minimum absolute atomic E-state index is 0.0275. The molecule has 2 N–H and O–H groups in total. The number of nitrogens with two attached hydrogens (primary N) is 1. The van der Waals surface area contributed by atoms with Crippen molar-refractivity contribution < 1.29 is 4.74 Å². The average molecular weight is 459 g/mol. The molecule has 0 amide bonds. The summed E-state index contributed by atoms with van der Waals surface area (Å²) < 4.78 is 8.33. The van der Waals surface area contributed by atoms with Gasteiger partial charge in [0.05, 0.1) is 27.8 Å². The van der Waals surface area contributed by atoms with E-state index in [-0.39, 0.29) is 11.0 Å². The number of nitrogen functional groups attached to an aromatic ring is 1. The Kier molecular flexibility index (Phi) is 5.07. The molecule has 3 aromatic heterocycles. The van der Waals surface area contributed by atoms with E-state index in [1.807, 2.05) is 25.5 Å². The monoisotopic (exact) mass is 458 g/mol. The second-order valence-electron chi connectivity index (χ2n) is 9.39. The van der Waals surface area contributed by atoms with Crippen LogP contribution in [-0.2, 0) is 4.74 Å². The summed E-state index contributed by atoms with van der Waals surface area (Å²) in [7, 11) is 0. The molecule has 0 bridgehead atoms. The molecule has 2 aliphatic rings. The van der Waals surface area contributed by atoms with E-state index in [1.54, 1.807) is 6.07 Å². The Balaban J connectivity index is 1.40. The number of aromatic nitrogens is 4. The summed E-state index contributed by atoms with van der Waals surface area (Å²) in [5.41, 5.74) is 7.80. The number of ether oxygens (including phenoxy) is 1. The number of pyridine rings is 1. The third kappa shape index (κ3) is 3.85. The fourth-order valence-corrected chi connectivity index (χ4v) is 6.01. The highest BCUT2D eigenvalue weighted by Gasteiger charge is 2.46. The molecular weight excluding hydrogens is 432 g/mol. The Bertz CT molecular complexity index is 1140. The smallest absolute Gasteiger partial charge is 0.211 e. The third-order valence-electron chi connectivity index (χ3n) is 6.23. The SMILES string of the molecule is Cc1nc(N)cc(Sc2cnc(N3CCC4(CC3)CC(C)(C)CO4)n3ccnc23)c1Cl. The zero-order valence-electron chi connectivity index (χ0n) is 18.1. The van der Waals surface area contributed by atoms with Crippen molar-refractivity contribution in [2.75, 3.05) is 30.3 Å². The number of hydrogen-bond acceptors (Lipinski definition) is 7. The summed E-state index contributed by atoms with van der Waals surface area (Å²) in [5, 5.41) is 0.605. The van der Waals surface area contributed by atoms with Crippen molar-refractivity contribution in [3.05, 3.63) is 35.4 Å². The number of nitrogens with zero attached hydrogens (tertiary/aromatic N) is 5. The molecule has 3 aromatic rings. The number of aryl methyl sites for hydroxylation is 1. The molecule has 0 aromatic carbocycles. The molecule has 1 spiro atoms. The lowest BCUT2D eigenvalue weighted by Crippen LogP contribution is -2.45. The van der Waals surface area contributed by atoms with E-state index in [0.29, 0.717) is 16.5 Å². The highest BCUT2D eigenvalue weighted by molar-refractivity contribution is 7.99. The van der Waals surface area contributed by atoms with Crippen LogP contribution in [0.2, 0.25) is 5.02 Å². The van der Waals surface area contributed by atoms with Crippen LogP contribution in [0.15, 0.2) is 34.4 Å². The maximum atomic E-state index is 6.47. The highest BCUT2D eigenvalue weighted by Crippen LogP contribution is 2.45. The topological polar surface area (TPSA) is 81.6 Å². The van der Waals surface area contributed by atoms with Gasteiger partial charge >= 0.3 is 0 Å². The molecule has 2 saturated heterocycles. The lowest BCUT2D eigenvalue weighted by molar-refractivity contribution is -0.0164. The molecular formula is C22H27ClN6OS. The Labute approximate surface area is 191 Å². The van der Waals surface area contributed by atoms with E-state index in [2.05, 4.69) is 33.1 Å². The van der Waals surface area contributed by atoms with Crippen molar-refractivity contribution in [3.8, 4) is 0 Å². The van der Waals surface area contributed by atoms with Crippen molar-refractivity contribution in [2.45, 2.75) is 55.4 Å². The normalized spacial score (nSPS) is 20.1. The van der Waals surface area contributed by atoms with Gasteiger partial charge in [-0.25, -0.2) is 15.0 Å². The Hall–Kier alpha value is -2.03. The third-order valence-corrected chi connectivity index (χ3v) is 7.87. The van der Waals surface area contributed by atoms with Crippen LogP contribution in [0.3, 0.4) is 0 Å². The molecule has 164 valence electrons. The van der Waals surface area contributed by atoms with Crippen LogP contribution in [0.1, 0.15) is 38.8 Å². The summed E-state index contributed by atoms with van der Waals surface area (Å²) >= 11 is 7.98. The zero-order valence-corrected chi connectivity index (χ0v) is 19.6. The number of fused-ring (bicyclic) bond motifs is 1. The number of piperidine rings is 1. The van der Waals surface area contributed by atoms with Crippen LogP contribution in [0.5, 0.6) is 0 Å². The van der Waals surface area contributed by atoms with Crippen LogP contribution < -0.4 is 10.6 Å². The Morgan fingerprint density at radius 2 is 1.97 bits per heavy atom. The van der Waals surface area contributed by atoms with E-state index in [0.717, 1.165) is 60.3 Å². The standard InChI is InChI=1S/C22H27ClN6OS/c1-14-18(23)15(10-17(24)27-14)31-16-11-26-20(29-9-6-25-19(16)29)28-7-4-22(5-8-28)12-21(2,3)13-30-22/h6,9-11H,4-5,7-8,12-13H2,1-3H3,(H2,24,27). The van der Waals surface area contributed by atoms with E-state index >= 15 is 0 Å². The average Bonchev–Trinajstić information content (AvgIpc) is 3.32. The molecule has 31 heavy (non-hydrogen) atoms. The van der Waals surface area contributed by atoms with Crippen LogP contribution >= 0.6 is 23.4 Å². The van der Waals surface area contributed by atoms with Crippen molar-refractivity contribution >= 4 is 40.8 Å². The second kappa shape index (κ2) is 7.53. The van der Waals surface area contributed by atoms with Crippen LogP contribution in [-0.4, -0.2) is 44.7 Å². The molecule has 0 atom stereocenters. The largest absolute Gasteiger partial charge is 0.384 e. The molecule has 9 heteroatoms. The van der Waals surface area contributed by atoms with Gasteiger partial charge in [0.2, 0.25) is 5.95 Å². The van der Waals surface area contributed by atoms with Crippen LogP contribution in [0.4, 0.5) is 11.8 Å². The summed E-state index contributed by atoms with van der Waals surface area (Å²) in [6.07, 6.45) is 8.84. The minimum atomic E-state index is 0.0275. The fourth-order valence-electron chi connectivity index (χ4n) is 4.79. The molecule has 7 nitrogen and oxygen atoms in total. The van der Waals surface area contributed by atoms with Crippen molar-refractivity contribution in [3.63, 3.8) is 0 Å². The summed E-state index contributed by atoms with van der Waals surface area (Å²) in [5.74, 6) is 1.37. The molecule has 0 aliphatic carbocycles. The predicted molar refractivity (Wildman–Crippen MR) is 124 cm³/mol. The zero-order chi connectivity index (χ0) is 21.8. The first kappa shape index (κ1) is 20.8. The number of imidazole rings is 1. The van der Waals surface area contributed by atoms with Gasteiger partial charge in [0.25, 0.3) is 0 Å². The van der Waals surface area contributed by atoms with Gasteiger partial charge in [-0.05, 0) is 37.7 Å². The number of halogens is 1. The predicted octanol–water partition coefficient (Wildman–Crippen LogP) is 4.61. The second-order valence-corrected chi connectivity index (χ2v) is 10.9. The lowest BCUT2D eigenvalue weighted by Gasteiger charge is -2.39. The van der Waals surface area contributed by atoms with Crippen LogP contribution in [0.25, 0.3) is 5.65 Å². The van der Waals surface area contributed by atoms with Gasteiger partial charge in [-0.15, -0.1) is 0 Å². The van der Waals surface area contributed by atoms with E-state index in [9.17, 15) is 0 Å². The molecule has 5 rings (SSSR count). The summed E-state index contributed by atoms with van der Waals surface area (Å²) in [4.78, 5) is 17.7. The molecule has 2 fully saturated rings. The van der Waals surface area contributed by atoms with Crippen molar-refractivity contribution in [2.24, 2.45) is 5.41 Å². The summed E-state index contributed by atoms with van der Waals surface area (Å²) in [6.45, 7) is 9.15. The maximum Gasteiger partial charge on any atom is 0.211 e. The van der Waals surface area contributed by atoms with Gasteiger partial charge in [0, 0.05) is 36.6 Å². The molecule has 0 unspecified atom stereocenters. The van der Waals surface area contributed by atoms with Gasteiger partial charge < -0.3 is 15.4 Å². The van der Waals surface area contributed by atoms with Gasteiger partial charge in [-0.3, -0.25) is 4.40 Å². The van der Waals surface area contributed by atoms with Crippen molar-refractivity contribution in [1.29, 1.82) is 0 Å². The first-order valence-electron chi connectivity index (χ1n) is 10.6. The van der Waals surface area contributed by atoms with Gasteiger partial charge in [0.15, 0.2) is 5.65 Å². The number of rotatable bonds is 3. The van der Waals surface area contributed by atoms with Gasteiger partial charge in [0.1, 0.15) is 5.82 Å². The molecule has 0 saturated carbocycles. The van der Waals surface area contributed by atoms with Crippen LogP contribution in [0, 0.1) is 12.3 Å². The minimum Gasteiger partial charge on any atom is -0.384 e. The number of hydrogen-bond donors (Lipinski definition) is 1. The van der Waals surface area contributed by atoms with Gasteiger partial charge in [-0.1, -0.05) is 37.2 Å². The highest BCUT2D eigenvalue weighted by atomic mass is 35.5. The quantitative estimate of drug-likeness (QED) is 0.613. The van der Waals surface area contributed by atoms with E-state index < -0.39 is 0 Å². The first-order valence-corrected chi connectivity index (χ1v) is 11.8. The fraction of sp³-hybridized carbons (Fsp3) is 0.500. The van der Waals surface area contributed by atoms with Gasteiger partial charge in [-0.2, -0.15) is 0 Å². The molecule has 5 heterocycles. The maximum absolute atomic E-state index is 6.47. The Morgan fingerprint density at radius 3 is 2.68 bits per heavy atom. The van der Waals surface area contributed by atoms with Crippen molar-refractivity contribution in [1.82, 2.24) is 19.4 Å². The van der Waals surface area contributed by atoms with E-state index in [1.165, 1.54) is 11.8 Å². The van der Waals surface area contributed by atoms with E-state index in [4.69, 9.17) is 27.1 Å². The number of anilines is 2.